The van der Waals surface area contributed by atoms with E-state index in [4.69, 9.17) is 23.2 Å². The van der Waals surface area contributed by atoms with Gasteiger partial charge in [0.1, 0.15) is 4.34 Å². The fourth-order valence-electron chi connectivity index (χ4n) is 2.42. The van der Waals surface area contributed by atoms with Crippen molar-refractivity contribution in [2.75, 3.05) is 5.32 Å². The summed E-state index contributed by atoms with van der Waals surface area (Å²) in [5.74, 6) is 0.809. The molecule has 0 saturated heterocycles. The van der Waals surface area contributed by atoms with Gasteiger partial charge in [-0.1, -0.05) is 36.0 Å². The van der Waals surface area contributed by atoms with E-state index in [1.807, 2.05) is 5.38 Å². The van der Waals surface area contributed by atoms with Crippen molar-refractivity contribution in [2.24, 2.45) is 4.99 Å². The Balaban J connectivity index is 1.74. The minimum atomic E-state index is 0.419. The Morgan fingerprint density at radius 2 is 2.18 bits per heavy atom. The molecule has 1 fully saturated rings. The van der Waals surface area contributed by atoms with Gasteiger partial charge in [-0.15, -0.1) is 11.3 Å². The number of aliphatic imine (C=N–C) groups is 1. The minimum Gasteiger partial charge on any atom is -0.351 e. The highest BCUT2D eigenvalue weighted by molar-refractivity contribution is 7.15. The summed E-state index contributed by atoms with van der Waals surface area (Å²) in [7, 11) is 0. The van der Waals surface area contributed by atoms with Crippen molar-refractivity contribution in [3.05, 3.63) is 14.7 Å². The molecule has 6 heteroatoms. The second-order valence-electron chi connectivity index (χ2n) is 4.44. The van der Waals surface area contributed by atoms with Crippen molar-refractivity contribution in [1.82, 2.24) is 5.32 Å². The number of thiophene rings is 1. The summed E-state index contributed by atoms with van der Waals surface area (Å²) in [5.41, 5.74) is 0.767. The predicted molar refractivity (Wildman–Crippen MR) is 74.6 cm³/mol. The molecule has 1 aliphatic heterocycles. The predicted octanol–water partition coefficient (Wildman–Crippen LogP) is 3.74. The molecule has 92 valence electrons. The summed E-state index contributed by atoms with van der Waals surface area (Å²) < 4.78 is 0.675. The van der Waals surface area contributed by atoms with Gasteiger partial charge in [-0.3, -0.25) is 0 Å². The Bertz CT molecular complexity index is 438. The average molecular weight is 290 g/mol. The Morgan fingerprint density at radius 3 is 2.88 bits per heavy atom. The molecule has 0 radical (unpaired) electrons. The number of halogens is 2. The fourth-order valence-corrected chi connectivity index (χ4v) is 3.69. The van der Waals surface area contributed by atoms with Gasteiger partial charge in [-0.2, -0.15) is 0 Å². The van der Waals surface area contributed by atoms with E-state index in [1.54, 1.807) is 0 Å². The van der Waals surface area contributed by atoms with Crippen LogP contribution in [0.1, 0.15) is 25.7 Å². The van der Waals surface area contributed by atoms with Gasteiger partial charge in [0.2, 0.25) is 0 Å². The molecule has 0 aromatic carbocycles. The summed E-state index contributed by atoms with van der Waals surface area (Å²) in [6.07, 6.45) is 4.94. The quantitative estimate of drug-likeness (QED) is 0.826. The van der Waals surface area contributed by atoms with Crippen LogP contribution in [0.5, 0.6) is 0 Å². The van der Waals surface area contributed by atoms with E-state index in [9.17, 15) is 0 Å². The number of fused-ring (bicyclic) bond motifs is 1. The summed E-state index contributed by atoms with van der Waals surface area (Å²) in [6.45, 7) is 0. The van der Waals surface area contributed by atoms with Crippen LogP contribution in [0.25, 0.3) is 0 Å². The van der Waals surface area contributed by atoms with Crippen molar-refractivity contribution >= 4 is 46.2 Å². The van der Waals surface area contributed by atoms with Crippen LogP contribution in [0.2, 0.25) is 9.36 Å². The number of guanidine groups is 1. The molecule has 2 heterocycles. The third-order valence-corrected chi connectivity index (χ3v) is 4.94. The molecule has 1 unspecified atom stereocenters. The Morgan fingerprint density at radius 1 is 1.35 bits per heavy atom. The Labute approximate surface area is 114 Å². The van der Waals surface area contributed by atoms with Crippen LogP contribution in [0.3, 0.4) is 0 Å². The number of hydrogen-bond acceptors (Lipinski definition) is 4. The smallest absolute Gasteiger partial charge is 0.196 e. The molecule has 2 aliphatic rings. The largest absolute Gasteiger partial charge is 0.351 e. The van der Waals surface area contributed by atoms with E-state index in [2.05, 4.69) is 15.6 Å². The van der Waals surface area contributed by atoms with Crippen LogP contribution in [-0.2, 0) is 0 Å². The lowest BCUT2D eigenvalue weighted by Crippen LogP contribution is -2.38. The number of nitrogens with zero attached hydrogens (tertiary/aromatic N) is 1. The maximum atomic E-state index is 6.07. The first-order chi connectivity index (χ1) is 8.24. The van der Waals surface area contributed by atoms with Crippen molar-refractivity contribution in [1.29, 1.82) is 0 Å². The molecule has 0 amide bonds. The molecule has 1 saturated carbocycles. The van der Waals surface area contributed by atoms with Crippen LogP contribution >= 0.6 is 34.5 Å². The maximum absolute atomic E-state index is 6.07. The average Bonchev–Trinajstić information content (AvgIpc) is 2.87. The van der Waals surface area contributed by atoms with E-state index in [-0.39, 0.29) is 0 Å². The van der Waals surface area contributed by atoms with Gasteiger partial charge < -0.3 is 10.6 Å². The lowest BCUT2D eigenvalue weighted by Gasteiger charge is -2.23. The normalized spacial score (nSPS) is 27.3. The number of rotatable bonds is 1. The molecular weight excluding hydrogens is 277 g/mol. The molecule has 1 aromatic rings. The van der Waals surface area contributed by atoms with Crippen molar-refractivity contribution in [2.45, 2.75) is 37.8 Å². The molecular formula is C11H13Cl2N3S. The molecule has 17 heavy (non-hydrogen) atoms. The van der Waals surface area contributed by atoms with E-state index in [1.165, 1.54) is 37.0 Å². The topological polar surface area (TPSA) is 36.4 Å². The number of hydrogen-bond donors (Lipinski definition) is 2. The SMILES string of the molecule is Clc1csc(Cl)c1NC1=NC2CCCC[C@H]2N1. The lowest BCUT2D eigenvalue weighted by molar-refractivity contribution is 0.384. The van der Waals surface area contributed by atoms with Crippen LogP contribution in [0.4, 0.5) is 5.69 Å². The fraction of sp³-hybridized carbons (Fsp3) is 0.545. The first kappa shape index (κ1) is 11.6. The van der Waals surface area contributed by atoms with Gasteiger partial charge in [0.25, 0.3) is 0 Å². The summed E-state index contributed by atoms with van der Waals surface area (Å²) in [4.78, 5) is 4.65. The lowest BCUT2D eigenvalue weighted by atomic mass is 9.92. The molecule has 3 rings (SSSR count). The standard InChI is InChI=1S/C11H13Cl2N3S/c12-6-5-17-10(13)9(6)16-11-14-7-3-1-2-4-8(7)15-11/h5,7-8H,1-4H2,(H2,14,15,16)/t7-,8?/m1/s1. The van der Waals surface area contributed by atoms with Crippen LogP contribution < -0.4 is 10.6 Å². The van der Waals surface area contributed by atoms with E-state index >= 15 is 0 Å². The van der Waals surface area contributed by atoms with E-state index < -0.39 is 0 Å². The second-order valence-corrected chi connectivity index (χ2v) is 6.33. The zero-order valence-corrected chi connectivity index (χ0v) is 11.5. The Hall–Kier alpha value is -0.450. The Kier molecular flexibility index (Phi) is 3.19. The highest BCUT2D eigenvalue weighted by atomic mass is 35.5. The number of nitrogens with one attached hydrogen (secondary N) is 2. The number of anilines is 1. The van der Waals surface area contributed by atoms with E-state index in [0.29, 0.717) is 21.4 Å². The molecule has 0 bridgehead atoms. The first-order valence-corrected chi connectivity index (χ1v) is 7.41. The zero-order chi connectivity index (χ0) is 11.8. The molecule has 3 nitrogen and oxygen atoms in total. The molecule has 0 spiro atoms. The van der Waals surface area contributed by atoms with Gasteiger partial charge in [0.15, 0.2) is 5.96 Å². The monoisotopic (exact) mass is 289 g/mol. The van der Waals surface area contributed by atoms with Gasteiger partial charge >= 0.3 is 0 Å². The third-order valence-electron chi connectivity index (χ3n) is 3.29. The summed E-state index contributed by atoms with van der Waals surface area (Å²) >= 11 is 13.6. The minimum absolute atomic E-state index is 0.419. The third kappa shape index (κ3) is 2.26. The highest BCUT2D eigenvalue weighted by Crippen LogP contribution is 2.36. The summed E-state index contributed by atoms with van der Waals surface area (Å²) in [6, 6.07) is 0.907. The van der Waals surface area contributed by atoms with Crippen molar-refractivity contribution < 1.29 is 0 Å². The molecule has 2 N–H and O–H groups in total. The molecule has 1 aromatic heterocycles. The van der Waals surface area contributed by atoms with E-state index in [0.717, 1.165) is 11.6 Å². The van der Waals surface area contributed by atoms with Crippen LogP contribution in [-0.4, -0.2) is 18.0 Å². The highest BCUT2D eigenvalue weighted by Gasteiger charge is 2.31. The van der Waals surface area contributed by atoms with Crippen LogP contribution in [0.15, 0.2) is 10.4 Å². The van der Waals surface area contributed by atoms with Crippen molar-refractivity contribution in [3.63, 3.8) is 0 Å². The summed E-state index contributed by atoms with van der Waals surface area (Å²) in [5, 5.41) is 9.09. The second kappa shape index (κ2) is 4.67. The maximum Gasteiger partial charge on any atom is 0.196 e. The zero-order valence-electron chi connectivity index (χ0n) is 9.17. The first-order valence-electron chi connectivity index (χ1n) is 5.78. The van der Waals surface area contributed by atoms with Gasteiger partial charge in [0, 0.05) is 5.38 Å². The molecule has 1 aliphatic carbocycles. The van der Waals surface area contributed by atoms with Gasteiger partial charge in [-0.05, 0) is 12.8 Å². The van der Waals surface area contributed by atoms with Gasteiger partial charge in [0.05, 0.1) is 22.8 Å². The van der Waals surface area contributed by atoms with Gasteiger partial charge in [-0.25, -0.2) is 4.99 Å². The van der Waals surface area contributed by atoms with Crippen molar-refractivity contribution in [3.8, 4) is 0 Å². The van der Waals surface area contributed by atoms with Crippen LogP contribution in [0, 0.1) is 0 Å². The molecule has 2 atom stereocenters.